The summed E-state index contributed by atoms with van der Waals surface area (Å²) in [5.74, 6) is 1.64. The lowest BCUT2D eigenvalue weighted by Gasteiger charge is -2.10. The number of hydrogen-bond donors (Lipinski definition) is 1. The van der Waals surface area contributed by atoms with Gasteiger partial charge in [-0.3, -0.25) is 0 Å². The highest BCUT2D eigenvalue weighted by Gasteiger charge is 2.03. The van der Waals surface area contributed by atoms with Gasteiger partial charge in [0, 0.05) is 0 Å². The standard InChI is InChI=1S/C18H16O2/c1-13-10-14(12-19)6-9-18(13)20-17-8-7-15-4-2-3-5-16(15)11-17/h2-11,19H,12H2,1H3. The van der Waals surface area contributed by atoms with E-state index in [-0.39, 0.29) is 6.61 Å². The van der Waals surface area contributed by atoms with E-state index >= 15 is 0 Å². The molecule has 3 rings (SSSR count). The first-order chi connectivity index (χ1) is 9.76. The average molecular weight is 264 g/mol. The van der Waals surface area contributed by atoms with Crippen molar-refractivity contribution in [1.82, 2.24) is 0 Å². The van der Waals surface area contributed by atoms with Gasteiger partial charge in [0.15, 0.2) is 0 Å². The molecule has 1 N–H and O–H groups in total. The van der Waals surface area contributed by atoms with E-state index in [1.807, 2.05) is 49.4 Å². The summed E-state index contributed by atoms with van der Waals surface area (Å²) in [6.45, 7) is 2.03. The molecule has 3 aromatic rings. The Morgan fingerprint density at radius 3 is 2.45 bits per heavy atom. The minimum Gasteiger partial charge on any atom is -0.457 e. The first-order valence-corrected chi connectivity index (χ1v) is 6.63. The van der Waals surface area contributed by atoms with E-state index in [1.54, 1.807) is 0 Å². The molecular formula is C18H16O2. The van der Waals surface area contributed by atoms with Crippen LogP contribution in [0.1, 0.15) is 11.1 Å². The van der Waals surface area contributed by atoms with Crippen molar-refractivity contribution in [1.29, 1.82) is 0 Å². The van der Waals surface area contributed by atoms with Crippen molar-refractivity contribution >= 4 is 10.8 Å². The predicted molar refractivity (Wildman–Crippen MR) is 81.1 cm³/mol. The third-order valence-corrected chi connectivity index (χ3v) is 3.37. The molecule has 0 aliphatic heterocycles. The van der Waals surface area contributed by atoms with Crippen LogP contribution in [0.25, 0.3) is 10.8 Å². The summed E-state index contributed by atoms with van der Waals surface area (Å²) in [5.41, 5.74) is 1.91. The third-order valence-electron chi connectivity index (χ3n) is 3.37. The summed E-state index contributed by atoms with van der Waals surface area (Å²) in [7, 11) is 0. The number of aliphatic hydroxyl groups excluding tert-OH is 1. The summed E-state index contributed by atoms with van der Waals surface area (Å²) in [6.07, 6.45) is 0. The molecule has 0 aliphatic rings. The number of rotatable bonds is 3. The van der Waals surface area contributed by atoms with Crippen molar-refractivity contribution in [2.45, 2.75) is 13.5 Å². The normalized spacial score (nSPS) is 10.7. The van der Waals surface area contributed by atoms with Gasteiger partial charge in [0.1, 0.15) is 11.5 Å². The lowest BCUT2D eigenvalue weighted by molar-refractivity contribution is 0.281. The fraction of sp³-hybridized carbons (Fsp3) is 0.111. The third kappa shape index (κ3) is 2.51. The molecule has 0 atom stereocenters. The average Bonchev–Trinajstić information content (AvgIpc) is 2.49. The highest BCUT2D eigenvalue weighted by atomic mass is 16.5. The lowest BCUT2D eigenvalue weighted by atomic mass is 10.1. The lowest BCUT2D eigenvalue weighted by Crippen LogP contribution is -1.90. The largest absolute Gasteiger partial charge is 0.457 e. The summed E-state index contributed by atoms with van der Waals surface area (Å²) in [5, 5.41) is 11.5. The quantitative estimate of drug-likeness (QED) is 0.758. The van der Waals surface area contributed by atoms with Crippen molar-refractivity contribution in [2.75, 3.05) is 0 Å². The monoisotopic (exact) mass is 264 g/mol. The molecule has 100 valence electrons. The Balaban J connectivity index is 1.92. The van der Waals surface area contributed by atoms with Crippen molar-refractivity contribution < 1.29 is 9.84 Å². The molecule has 0 amide bonds. The predicted octanol–water partition coefficient (Wildman–Crippen LogP) is 4.43. The van der Waals surface area contributed by atoms with Gasteiger partial charge in [-0.05, 0) is 47.0 Å². The number of hydrogen-bond acceptors (Lipinski definition) is 2. The molecule has 0 fully saturated rings. The minimum absolute atomic E-state index is 0.0527. The van der Waals surface area contributed by atoms with Crippen LogP contribution in [0.15, 0.2) is 60.7 Å². The molecule has 0 aromatic heterocycles. The van der Waals surface area contributed by atoms with Gasteiger partial charge in [0.25, 0.3) is 0 Å². The number of fused-ring (bicyclic) bond motifs is 1. The Bertz CT molecular complexity index is 747. The number of ether oxygens (including phenoxy) is 1. The highest BCUT2D eigenvalue weighted by Crippen LogP contribution is 2.28. The molecule has 2 heteroatoms. The van der Waals surface area contributed by atoms with Crippen molar-refractivity contribution in [3.8, 4) is 11.5 Å². The van der Waals surface area contributed by atoms with Gasteiger partial charge in [0.2, 0.25) is 0 Å². The van der Waals surface area contributed by atoms with Crippen LogP contribution in [0.5, 0.6) is 11.5 Å². The maximum atomic E-state index is 9.12. The van der Waals surface area contributed by atoms with Gasteiger partial charge in [-0.15, -0.1) is 0 Å². The van der Waals surface area contributed by atoms with E-state index in [0.717, 1.165) is 28.0 Å². The van der Waals surface area contributed by atoms with Crippen LogP contribution < -0.4 is 4.74 Å². The second-order valence-electron chi connectivity index (χ2n) is 4.87. The second kappa shape index (κ2) is 5.35. The highest BCUT2D eigenvalue weighted by molar-refractivity contribution is 5.83. The van der Waals surface area contributed by atoms with Crippen molar-refractivity contribution in [2.24, 2.45) is 0 Å². The van der Waals surface area contributed by atoms with E-state index in [1.165, 1.54) is 5.39 Å². The van der Waals surface area contributed by atoms with Gasteiger partial charge in [-0.25, -0.2) is 0 Å². The second-order valence-corrected chi connectivity index (χ2v) is 4.87. The number of aryl methyl sites for hydroxylation is 1. The first kappa shape index (κ1) is 12.7. The fourth-order valence-corrected chi connectivity index (χ4v) is 2.28. The molecule has 0 unspecified atom stereocenters. The van der Waals surface area contributed by atoms with Crippen molar-refractivity contribution in [3.05, 3.63) is 71.8 Å². The fourth-order valence-electron chi connectivity index (χ4n) is 2.28. The van der Waals surface area contributed by atoms with Crippen LogP contribution in [0.2, 0.25) is 0 Å². The van der Waals surface area contributed by atoms with E-state index in [9.17, 15) is 0 Å². The SMILES string of the molecule is Cc1cc(CO)ccc1Oc1ccc2ccccc2c1. The van der Waals surface area contributed by atoms with E-state index in [2.05, 4.69) is 18.2 Å². The van der Waals surface area contributed by atoms with Gasteiger partial charge < -0.3 is 9.84 Å². The Morgan fingerprint density at radius 2 is 1.70 bits per heavy atom. The number of benzene rings is 3. The summed E-state index contributed by atoms with van der Waals surface area (Å²) >= 11 is 0. The maximum Gasteiger partial charge on any atom is 0.130 e. The molecule has 0 saturated heterocycles. The molecule has 0 heterocycles. The van der Waals surface area contributed by atoms with Crippen LogP contribution in [0.4, 0.5) is 0 Å². The molecule has 0 saturated carbocycles. The van der Waals surface area contributed by atoms with Crippen LogP contribution in [0, 0.1) is 6.92 Å². The van der Waals surface area contributed by atoms with Gasteiger partial charge in [0.05, 0.1) is 6.61 Å². The van der Waals surface area contributed by atoms with Crippen LogP contribution >= 0.6 is 0 Å². The Kier molecular flexibility index (Phi) is 3.40. The smallest absolute Gasteiger partial charge is 0.130 e. The van der Waals surface area contributed by atoms with Gasteiger partial charge in [-0.1, -0.05) is 42.5 Å². The zero-order chi connectivity index (χ0) is 13.9. The summed E-state index contributed by atoms with van der Waals surface area (Å²) in [6, 6.07) is 20.0. The van der Waals surface area contributed by atoms with Gasteiger partial charge >= 0.3 is 0 Å². The van der Waals surface area contributed by atoms with E-state index in [0.29, 0.717) is 0 Å². The number of aliphatic hydroxyl groups is 1. The van der Waals surface area contributed by atoms with Crippen LogP contribution in [-0.2, 0) is 6.61 Å². The molecule has 0 spiro atoms. The molecule has 20 heavy (non-hydrogen) atoms. The zero-order valence-electron chi connectivity index (χ0n) is 11.3. The topological polar surface area (TPSA) is 29.5 Å². The molecule has 0 bridgehead atoms. The van der Waals surface area contributed by atoms with E-state index in [4.69, 9.17) is 9.84 Å². The molecule has 0 aliphatic carbocycles. The summed E-state index contributed by atoms with van der Waals surface area (Å²) in [4.78, 5) is 0. The van der Waals surface area contributed by atoms with Crippen molar-refractivity contribution in [3.63, 3.8) is 0 Å². The van der Waals surface area contributed by atoms with Crippen LogP contribution in [0.3, 0.4) is 0 Å². The molecule has 3 aromatic carbocycles. The Morgan fingerprint density at radius 1 is 0.900 bits per heavy atom. The van der Waals surface area contributed by atoms with Gasteiger partial charge in [-0.2, -0.15) is 0 Å². The zero-order valence-corrected chi connectivity index (χ0v) is 11.3. The van der Waals surface area contributed by atoms with E-state index < -0.39 is 0 Å². The maximum absolute atomic E-state index is 9.12. The summed E-state index contributed by atoms with van der Waals surface area (Å²) < 4.78 is 5.94. The Labute approximate surface area is 118 Å². The minimum atomic E-state index is 0.0527. The molecule has 2 nitrogen and oxygen atoms in total. The Hall–Kier alpha value is -2.32. The molecular weight excluding hydrogens is 248 g/mol. The first-order valence-electron chi connectivity index (χ1n) is 6.63. The molecule has 0 radical (unpaired) electrons. The van der Waals surface area contributed by atoms with Crippen LogP contribution in [-0.4, -0.2) is 5.11 Å².